The summed E-state index contributed by atoms with van der Waals surface area (Å²) >= 11 is 0. The van der Waals surface area contributed by atoms with Crippen molar-refractivity contribution >= 4 is 0 Å². The zero-order valence-corrected chi connectivity index (χ0v) is 9.32. The van der Waals surface area contributed by atoms with Crippen LogP contribution in [0.2, 0.25) is 0 Å². The summed E-state index contributed by atoms with van der Waals surface area (Å²) in [4.78, 5) is 0. The molecule has 2 heterocycles. The first-order chi connectivity index (χ1) is 6.99. The molecule has 0 spiro atoms. The summed E-state index contributed by atoms with van der Waals surface area (Å²) in [6.45, 7) is 4.64. The molecule has 1 saturated heterocycles. The molecule has 0 amide bonds. The molecule has 84 valence electrons. The Morgan fingerprint density at radius 2 is 2.27 bits per heavy atom. The van der Waals surface area contributed by atoms with Gasteiger partial charge in [0.05, 0.1) is 24.1 Å². The van der Waals surface area contributed by atoms with Crippen molar-refractivity contribution in [2.24, 2.45) is 0 Å². The van der Waals surface area contributed by atoms with Gasteiger partial charge in [-0.05, 0) is 26.0 Å². The summed E-state index contributed by atoms with van der Waals surface area (Å²) in [5, 5.41) is 10.4. The Morgan fingerprint density at radius 1 is 1.47 bits per heavy atom. The van der Waals surface area contributed by atoms with Crippen molar-refractivity contribution in [3.63, 3.8) is 0 Å². The van der Waals surface area contributed by atoms with Crippen LogP contribution in [-0.2, 0) is 11.2 Å². The first kappa shape index (κ1) is 10.7. The Hall–Kier alpha value is -0.800. The molecule has 1 aliphatic heterocycles. The molecule has 0 radical (unpaired) electrons. The van der Waals surface area contributed by atoms with Gasteiger partial charge in [0.25, 0.3) is 0 Å². The van der Waals surface area contributed by atoms with Gasteiger partial charge in [-0.1, -0.05) is 0 Å². The van der Waals surface area contributed by atoms with Crippen LogP contribution < -0.4 is 0 Å². The molecule has 0 saturated carbocycles. The SMILES string of the molecule is CC1(C)CC(O)(Cc2ccco2)CCO1. The molecule has 3 heteroatoms. The summed E-state index contributed by atoms with van der Waals surface area (Å²) in [6.07, 6.45) is 3.55. The molecular formula is C12H18O3. The number of furan rings is 1. The van der Waals surface area contributed by atoms with Crippen LogP contribution in [0, 0.1) is 0 Å². The monoisotopic (exact) mass is 210 g/mol. The van der Waals surface area contributed by atoms with E-state index in [0.717, 1.165) is 5.76 Å². The lowest BCUT2D eigenvalue weighted by molar-refractivity contribution is -0.144. The molecule has 1 aromatic rings. The van der Waals surface area contributed by atoms with Gasteiger partial charge in [-0.3, -0.25) is 0 Å². The van der Waals surface area contributed by atoms with Gasteiger partial charge in [-0.2, -0.15) is 0 Å². The Labute approximate surface area is 90.0 Å². The topological polar surface area (TPSA) is 42.6 Å². The van der Waals surface area contributed by atoms with Crippen LogP contribution in [0.25, 0.3) is 0 Å². The van der Waals surface area contributed by atoms with E-state index in [1.807, 2.05) is 26.0 Å². The average molecular weight is 210 g/mol. The van der Waals surface area contributed by atoms with Crippen LogP contribution in [-0.4, -0.2) is 22.9 Å². The fraction of sp³-hybridized carbons (Fsp3) is 0.667. The zero-order chi connectivity index (χ0) is 10.9. The molecule has 15 heavy (non-hydrogen) atoms. The lowest BCUT2D eigenvalue weighted by Crippen LogP contribution is -2.47. The fourth-order valence-corrected chi connectivity index (χ4v) is 2.34. The summed E-state index contributed by atoms with van der Waals surface area (Å²) in [5.74, 6) is 0.843. The number of rotatable bonds is 2. The molecule has 2 rings (SSSR count). The normalized spacial score (nSPS) is 30.3. The predicted molar refractivity (Wildman–Crippen MR) is 56.6 cm³/mol. The van der Waals surface area contributed by atoms with Crippen LogP contribution in [0.1, 0.15) is 32.4 Å². The van der Waals surface area contributed by atoms with Crippen LogP contribution in [0.5, 0.6) is 0 Å². The molecule has 0 aromatic carbocycles. The van der Waals surface area contributed by atoms with Gasteiger partial charge < -0.3 is 14.3 Å². The van der Waals surface area contributed by atoms with Crippen molar-refractivity contribution in [1.82, 2.24) is 0 Å². The number of aliphatic hydroxyl groups is 1. The molecule has 0 aliphatic carbocycles. The standard InChI is InChI=1S/C12H18O3/c1-11(2)9-12(13,5-7-15-11)8-10-4-3-6-14-10/h3-4,6,13H,5,7-9H2,1-2H3. The molecule has 1 atom stereocenters. The van der Waals surface area contributed by atoms with Gasteiger partial charge in [-0.15, -0.1) is 0 Å². The van der Waals surface area contributed by atoms with Crippen LogP contribution in [0.3, 0.4) is 0 Å². The van der Waals surface area contributed by atoms with E-state index < -0.39 is 5.60 Å². The Balaban J connectivity index is 2.06. The third-order valence-corrected chi connectivity index (χ3v) is 2.90. The minimum absolute atomic E-state index is 0.237. The van der Waals surface area contributed by atoms with Crippen LogP contribution in [0.4, 0.5) is 0 Å². The lowest BCUT2D eigenvalue weighted by atomic mass is 9.81. The first-order valence-electron chi connectivity index (χ1n) is 5.38. The van der Waals surface area contributed by atoms with Crippen molar-refractivity contribution in [1.29, 1.82) is 0 Å². The highest BCUT2D eigenvalue weighted by molar-refractivity contribution is 5.05. The molecule has 1 unspecified atom stereocenters. The summed E-state index contributed by atoms with van der Waals surface area (Å²) in [7, 11) is 0. The van der Waals surface area contributed by atoms with Crippen LogP contribution >= 0.6 is 0 Å². The molecule has 1 N–H and O–H groups in total. The number of ether oxygens (including phenoxy) is 1. The van der Waals surface area contributed by atoms with Gasteiger partial charge in [0.2, 0.25) is 0 Å². The highest BCUT2D eigenvalue weighted by Crippen LogP contribution is 2.34. The predicted octanol–water partition coefficient (Wildman–Crippen LogP) is 2.14. The third-order valence-electron chi connectivity index (χ3n) is 2.90. The smallest absolute Gasteiger partial charge is 0.106 e. The molecule has 1 fully saturated rings. The maximum Gasteiger partial charge on any atom is 0.106 e. The van der Waals surface area contributed by atoms with E-state index in [0.29, 0.717) is 25.9 Å². The second-order valence-corrected chi connectivity index (χ2v) is 5.02. The second-order valence-electron chi connectivity index (χ2n) is 5.02. The molecule has 3 nitrogen and oxygen atoms in total. The first-order valence-corrected chi connectivity index (χ1v) is 5.38. The number of hydrogen-bond donors (Lipinski definition) is 1. The van der Waals surface area contributed by atoms with Crippen molar-refractivity contribution in [2.75, 3.05) is 6.61 Å². The van der Waals surface area contributed by atoms with Gasteiger partial charge >= 0.3 is 0 Å². The Kier molecular flexibility index (Phi) is 2.61. The van der Waals surface area contributed by atoms with Crippen LogP contribution in [0.15, 0.2) is 22.8 Å². The van der Waals surface area contributed by atoms with Crippen molar-refractivity contribution in [2.45, 2.75) is 44.3 Å². The molecule has 1 aliphatic rings. The van der Waals surface area contributed by atoms with Gasteiger partial charge in [-0.25, -0.2) is 0 Å². The van der Waals surface area contributed by atoms with E-state index in [-0.39, 0.29) is 5.60 Å². The number of hydrogen-bond acceptors (Lipinski definition) is 3. The minimum Gasteiger partial charge on any atom is -0.469 e. The average Bonchev–Trinajstić information content (AvgIpc) is 2.52. The van der Waals surface area contributed by atoms with E-state index in [1.165, 1.54) is 0 Å². The fourth-order valence-electron chi connectivity index (χ4n) is 2.34. The van der Waals surface area contributed by atoms with E-state index in [9.17, 15) is 5.11 Å². The van der Waals surface area contributed by atoms with Crippen molar-refractivity contribution in [3.05, 3.63) is 24.2 Å². The maximum absolute atomic E-state index is 10.4. The van der Waals surface area contributed by atoms with Crippen molar-refractivity contribution in [3.8, 4) is 0 Å². The molecule has 0 bridgehead atoms. The Bertz CT molecular complexity index is 316. The van der Waals surface area contributed by atoms with E-state index in [1.54, 1.807) is 6.26 Å². The minimum atomic E-state index is -0.681. The Morgan fingerprint density at radius 3 is 2.87 bits per heavy atom. The maximum atomic E-state index is 10.4. The molecule has 1 aromatic heterocycles. The summed E-state index contributed by atoms with van der Waals surface area (Å²) < 4.78 is 10.9. The second kappa shape index (κ2) is 3.65. The summed E-state index contributed by atoms with van der Waals surface area (Å²) in [5.41, 5.74) is -0.917. The summed E-state index contributed by atoms with van der Waals surface area (Å²) in [6, 6.07) is 3.75. The van der Waals surface area contributed by atoms with Gasteiger partial charge in [0.15, 0.2) is 0 Å². The largest absolute Gasteiger partial charge is 0.469 e. The highest BCUT2D eigenvalue weighted by Gasteiger charge is 2.39. The van der Waals surface area contributed by atoms with E-state index in [2.05, 4.69) is 0 Å². The van der Waals surface area contributed by atoms with Crippen molar-refractivity contribution < 1.29 is 14.3 Å². The van der Waals surface area contributed by atoms with E-state index in [4.69, 9.17) is 9.15 Å². The third kappa shape index (κ3) is 2.61. The highest BCUT2D eigenvalue weighted by atomic mass is 16.5. The molecular weight excluding hydrogens is 192 g/mol. The zero-order valence-electron chi connectivity index (χ0n) is 9.32. The van der Waals surface area contributed by atoms with E-state index >= 15 is 0 Å². The lowest BCUT2D eigenvalue weighted by Gasteiger charge is -2.41. The quantitative estimate of drug-likeness (QED) is 0.813. The van der Waals surface area contributed by atoms with Gasteiger partial charge in [0, 0.05) is 19.3 Å². The van der Waals surface area contributed by atoms with Gasteiger partial charge in [0.1, 0.15) is 5.76 Å².